The van der Waals surface area contributed by atoms with Crippen molar-refractivity contribution in [2.75, 3.05) is 13.1 Å². The topological polar surface area (TPSA) is 200 Å². The summed E-state index contributed by atoms with van der Waals surface area (Å²) in [5.41, 5.74) is -1.18. The first kappa shape index (κ1) is 59.3. The maximum atomic E-state index is 13.1. The first-order valence-corrected chi connectivity index (χ1v) is 30.8. The summed E-state index contributed by atoms with van der Waals surface area (Å²) in [4.78, 5) is 104. The zero-order valence-corrected chi connectivity index (χ0v) is 49.5. The number of hydrogen-bond donors (Lipinski definition) is 2. The van der Waals surface area contributed by atoms with Crippen LogP contribution in [-0.4, -0.2) is 84.8 Å². The van der Waals surface area contributed by atoms with Crippen molar-refractivity contribution in [3.8, 4) is 0 Å². The van der Waals surface area contributed by atoms with Gasteiger partial charge in [-0.25, -0.2) is 0 Å². The summed E-state index contributed by atoms with van der Waals surface area (Å²) in [7, 11) is 0. The van der Waals surface area contributed by atoms with Gasteiger partial charge in [0, 0.05) is 102 Å². The Bertz CT molecular complexity index is 2080. The molecule has 0 aromatic carbocycles. The number of esters is 4. The number of nitrogens with one attached hydrogen (secondary N) is 2. The Morgan fingerprint density at radius 1 is 0.500 bits per heavy atom. The summed E-state index contributed by atoms with van der Waals surface area (Å²) in [6.45, 7) is 25.3. The molecule has 2 amide bonds. The van der Waals surface area contributed by atoms with Gasteiger partial charge < -0.3 is 29.6 Å². The number of carbonyl (C=O) groups excluding carboxylic acids is 6. The maximum Gasteiger partial charge on any atom is 0.302 e. The molecule has 1 aliphatic heterocycles. The highest BCUT2D eigenvalue weighted by atomic mass is 17.4. The molecule has 8 saturated carbocycles. The molecule has 9 aliphatic rings. The van der Waals surface area contributed by atoms with Crippen molar-refractivity contribution < 1.29 is 67.3 Å². The van der Waals surface area contributed by atoms with Crippen molar-refractivity contribution in [2.24, 2.45) is 92.7 Å². The molecule has 2 N–H and O–H groups in total. The van der Waals surface area contributed by atoms with Crippen LogP contribution in [-0.2, 0) is 67.3 Å². The standard InChI is InChI=1S/C62H98N2O14/c1-13-27-63-53(69)21-15-35(3)43-17-19-45-55-47(31-51(59(43,45)11)73-39(7)67)57(9)23-25-61(33-41(57)29-49(55)71-37(5)65)75-77-62(78-76-61)26-24-58(10)42(34-62)30-50(72-38(6)66)56-46-20-18-44(36(4)16-22-54(70)64-28-14-2)60(46,12)52(32-48(56)58)74-40(8)68/h35-36,41-52,55-56H,13-34H2,1-12H3,(H,63,69)(H,64,70)/t35?,36?,41-,42-,43?,44?,45?,46?,47?,48?,49-,50-,51+,52+,55?,56?,57+,58+,59-,60-,61?,62?/m1/s1. The highest BCUT2D eigenvalue weighted by Crippen LogP contribution is 2.73. The van der Waals surface area contributed by atoms with Crippen LogP contribution < -0.4 is 10.6 Å². The predicted octanol–water partition coefficient (Wildman–Crippen LogP) is 10.7. The van der Waals surface area contributed by atoms with E-state index in [1.54, 1.807) is 0 Å². The molecule has 1 heterocycles. The lowest BCUT2D eigenvalue weighted by molar-refractivity contribution is -0.667. The summed E-state index contributed by atoms with van der Waals surface area (Å²) < 4.78 is 25.7. The molecule has 9 fully saturated rings. The van der Waals surface area contributed by atoms with Crippen molar-refractivity contribution in [3.05, 3.63) is 0 Å². The third-order valence-corrected chi connectivity index (χ3v) is 23.7. The van der Waals surface area contributed by atoms with E-state index in [1.165, 1.54) is 27.7 Å². The van der Waals surface area contributed by atoms with Crippen LogP contribution in [0.3, 0.4) is 0 Å². The number of ether oxygens (including phenoxy) is 4. The lowest BCUT2D eigenvalue weighted by Gasteiger charge is -2.66. The Balaban J connectivity index is 0.912. The van der Waals surface area contributed by atoms with E-state index in [2.05, 4.69) is 66.0 Å². The Hall–Kier alpha value is -3.34. The van der Waals surface area contributed by atoms with Crippen LogP contribution in [0.25, 0.3) is 0 Å². The van der Waals surface area contributed by atoms with Crippen LogP contribution in [0.2, 0.25) is 0 Å². The van der Waals surface area contributed by atoms with Gasteiger partial charge in [-0.3, -0.25) is 28.8 Å². The zero-order valence-electron chi connectivity index (χ0n) is 49.5. The number of amides is 2. The summed E-state index contributed by atoms with van der Waals surface area (Å²) in [6, 6.07) is 0. The first-order valence-electron chi connectivity index (χ1n) is 30.8. The lowest BCUT2D eigenvalue weighted by atomic mass is 9.42. The smallest absolute Gasteiger partial charge is 0.302 e. The lowest BCUT2D eigenvalue weighted by Crippen LogP contribution is -2.66. The molecule has 8 aliphatic carbocycles. The molecule has 78 heavy (non-hydrogen) atoms. The second-order valence-electron chi connectivity index (χ2n) is 27.8. The molecule has 20 atom stereocenters. The van der Waals surface area contributed by atoms with E-state index < -0.39 is 11.6 Å². The second-order valence-corrected chi connectivity index (χ2v) is 27.8. The molecule has 9 rings (SSSR count). The fourth-order valence-electron chi connectivity index (χ4n) is 20.0. The highest BCUT2D eigenvalue weighted by molar-refractivity contribution is 5.76. The van der Waals surface area contributed by atoms with Gasteiger partial charge in [-0.1, -0.05) is 55.4 Å². The Morgan fingerprint density at radius 3 is 1.19 bits per heavy atom. The van der Waals surface area contributed by atoms with Crippen LogP contribution in [0.5, 0.6) is 0 Å². The third kappa shape index (κ3) is 10.7. The molecular formula is C62H98N2O14. The summed E-state index contributed by atoms with van der Waals surface area (Å²) in [6.07, 6.45) is 12.6. The minimum absolute atomic E-state index is 0.00164. The largest absolute Gasteiger partial charge is 0.462 e. The summed E-state index contributed by atoms with van der Waals surface area (Å²) in [5, 5.41) is 6.07. The summed E-state index contributed by atoms with van der Waals surface area (Å²) >= 11 is 0. The highest BCUT2D eigenvalue weighted by Gasteiger charge is 2.72. The molecule has 1 saturated heterocycles. The van der Waals surface area contributed by atoms with Gasteiger partial charge in [0.15, 0.2) is 0 Å². The van der Waals surface area contributed by atoms with Gasteiger partial charge >= 0.3 is 23.9 Å². The Labute approximate surface area is 465 Å². The van der Waals surface area contributed by atoms with Gasteiger partial charge in [-0.2, -0.15) is 19.6 Å². The quantitative estimate of drug-likeness (QED) is 0.0840. The van der Waals surface area contributed by atoms with E-state index in [-0.39, 0.29) is 153 Å². The van der Waals surface area contributed by atoms with Crippen molar-refractivity contribution in [1.82, 2.24) is 10.6 Å². The molecule has 2 spiro atoms. The van der Waals surface area contributed by atoms with Gasteiger partial charge in [0.2, 0.25) is 23.4 Å². The fourth-order valence-corrected chi connectivity index (χ4v) is 20.0. The van der Waals surface area contributed by atoms with Crippen molar-refractivity contribution in [3.63, 3.8) is 0 Å². The number of carbonyl (C=O) groups is 6. The van der Waals surface area contributed by atoms with E-state index in [9.17, 15) is 28.8 Å². The molecule has 16 nitrogen and oxygen atoms in total. The van der Waals surface area contributed by atoms with Gasteiger partial charge in [0.25, 0.3) is 0 Å². The van der Waals surface area contributed by atoms with Crippen LogP contribution in [0.4, 0.5) is 0 Å². The Kier molecular flexibility index (Phi) is 17.3. The zero-order chi connectivity index (χ0) is 56.3. The van der Waals surface area contributed by atoms with E-state index in [0.29, 0.717) is 77.3 Å². The van der Waals surface area contributed by atoms with Crippen molar-refractivity contribution in [1.29, 1.82) is 0 Å². The SMILES string of the molecule is CCCNC(=O)CCC(C)C1CCC2C3C(C[C@H](OC(C)=O)[C@]12C)[C@@]1(C)CCC2(C[C@H]1C[C@H]3OC(C)=O)OOC1(CC[C@]3(C)C4C[C@H](OC(C)=O)[C@]5(C)C(C(C)CCC(=O)NCCC)CCC5C4[C@H](OC(C)=O)C[C@@H]3C1)OO2. The average Bonchev–Trinajstić information content (AvgIpc) is 4.10. The van der Waals surface area contributed by atoms with E-state index >= 15 is 0 Å². The van der Waals surface area contributed by atoms with Crippen molar-refractivity contribution in [2.45, 2.75) is 247 Å². The second kappa shape index (κ2) is 22.8. The molecule has 0 bridgehead atoms. The Morgan fingerprint density at radius 2 is 0.859 bits per heavy atom. The minimum atomic E-state index is -1.20. The first-order chi connectivity index (χ1) is 36.9. The number of rotatable bonds is 16. The third-order valence-electron chi connectivity index (χ3n) is 23.7. The summed E-state index contributed by atoms with van der Waals surface area (Å²) in [5.74, 6) is -1.96. The molecule has 16 heteroatoms. The van der Waals surface area contributed by atoms with E-state index in [4.69, 9.17) is 38.5 Å². The molecule has 0 aromatic heterocycles. The molecule has 440 valence electrons. The van der Waals surface area contributed by atoms with Gasteiger partial charge in [-0.05, 0) is 160 Å². The molecule has 0 aromatic rings. The van der Waals surface area contributed by atoms with Gasteiger partial charge in [0.05, 0.1) is 0 Å². The van der Waals surface area contributed by atoms with Crippen LogP contribution in [0.15, 0.2) is 0 Å². The minimum Gasteiger partial charge on any atom is -0.462 e. The van der Waals surface area contributed by atoms with Crippen LogP contribution in [0, 0.1) is 92.7 Å². The van der Waals surface area contributed by atoms with Crippen LogP contribution in [0.1, 0.15) is 212 Å². The number of fused-ring (bicyclic) bond motifs is 10. The monoisotopic (exact) mass is 1090 g/mol. The maximum absolute atomic E-state index is 13.1. The average molecular weight is 1100 g/mol. The van der Waals surface area contributed by atoms with Gasteiger partial charge in [0.1, 0.15) is 24.4 Å². The fraction of sp³-hybridized carbons (Fsp3) is 0.903. The predicted molar refractivity (Wildman–Crippen MR) is 287 cm³/mol. The van der Waals surface area contributed by atoms with E-state index in [0.717, 1.165) is 64.2 Å². The molecule has 0 radical (unpaired) electrons. The molecule has 10 unspecified atom stereocenters. The number of hydrogen-bond acceptors (Lipinski definition) is 14. The normalized spacial score (nSPS) is 44.9. The van der Waals surface area contributed by atoms with Crippen LogP contribution >= 0.6 is 0 Å². The van der Waals surface area contributed by atoms with E-state index in [1.807, 2.05) is 0 Å². The van der Waals surface area contributed by atoms with Gasteiger partial charge in [-0.15, -0.1) is 0 Å². The van der Waals surface area contributed by atoms with Crippen molar-refractivity contribution >= 4 is 35.7 Å². The molecular weight excluding hydrogens is 997 g/mol.